The third-order valence-electron chi connectivity index (χ3n) is 5.88. The van der Waals surface area contributed by atoms with Gasteiger partial charge in [-0.05, 0) is 61.2 Å². The summed E-state index contributed by atoms with van der Waals surface area (Å²) in [6.07, 6.45) is 1.67. The molecule has 0 spiro atoms. The molecule has 1 aromatic heterocycles. The molecule has 2 heterocycles. The molecule has 1 aliphatic heterocycles. The number of hydrogen-bond donors (Lipinski definition) is 0. The molecule has 8 nitrogen and oxygen atoms in total. The average Bonchev–Trinajstić information content (AvgIpc) is 3.18. The summed E-state index contributed by atoms with van der Waals surface area (Å²) in [4.78, 5) is 44.0. The minimum atomic E-state index is -0.871. The topological polar surface area (TPSA) is 96.2 Å². The number of fused-ring (bicyclic) bond motifs is 1. The van der Waals surface area contributed by atoms with Gasteiger partial charge in [0.1, 0.15) is 0 Å². The van der Waals surface area contributed by atoms with Crippen molar-refractivity contribution in [2.75, 3.05) is 13.2 Å². The smallest absolute Gasteiger partial charge is 0.338 e. The van der Waals surface area contributed by atoms with Crippen LogP contribution in [0, 0.1) is 5.92 Å². The number of hydrogen-bond acceptors (Lipinski definition) is 8. The molecular weight excluding hydrogens is 575 g/mol. The number of carbonyl (C=O) groups excluding carboxylic acids is 2. The fourth-order valence-electron chi connectivity index (χ4n) is 4.18. The van der Waals surface area contributed by atoms with Gasteiger partial charge in [-0.15, -0.1) is 0 Å². The van der Waals surface area contributed by atoms with Crippen LogP contribution in [0.5, 0.6) is 11.5 Å². The van der Waals surface area contributed by atoms with Crippen LogP contribution >= 0.6 is 34.5 Å². The van der Waals surface area contributed by atoms with Gasteiger partial charge in [-0.25, -0.2) is 9.79 Å². The van der Waals surface area contributed by atoms with E-state index >= 15 is 0 Å². The van der Waals surface area contributed by atoms with Crippen LogP contribution in [0.15, 0.2) is 57.5 Å². The summed E-state index contributed by atoms with van der Waals surface area (Å²) in [5.74, 6) is -0.434. The SMILES string of the molecule is CCOc1cc(C2C(C(=O)OCC(C)C)=C(C)N=c3s/c(=C\c4ccc(Cl)cc4Cl)c(=O)n32)ccc1OC(C)=O. The van der Waals surface area contributed by atoms with E-state index in [0.717, 1.165) is 0 Å². The Labute approximate surface area is 245 Å². The molecule has 0 N–H and O–H groups in total. The minimum absolute atomic E-state index is 0.112. The lowest BCUT2D eigenvalue weighted by Crippen LogP contribution is -2.40. The summed E-state index contributed by atoms with van der Waals surface area (Å²) < 4.78 is 18.5. The molecule has 0 fully saturated rings. The Balaban J connectivity index is 1.94. The molecule has 3 aromatic rings. The molecule has 40 heavy (non-hydrogen) atoms. The Kier molecular flexibility index (Phi) is 9.18. The number of carbonyl (C=O) groups is 2. The lowest BCUT2D eigenvalue weighted by molar-refractivity contribution is -0.140. The maximum Gasteiger partial charge on any atom is 0.338 e. The van der Waals surface area contributed by atoms with Gasteiger partial charge in [-0.1, -0.05) is 60.5 Å². The highest BCUT2D eigenvalue weighted by Gasteiger charge is 2.34. The van der Waals surface area contributed by atoms with Crippen LogP contribution in [-0.4, -0.2) is 29.7 Å². The molecule has 0 radical (unpaired) electrons. The second-order valence-electron chi connectivity index (χ2n) is 9.47. The van der Waals surface area contributed by atoms with E-state index in [1.807, 2.05) is 13.8 Å². The number of allylic oxidation sites excluding steroid dienone is 1. The van der Waals surface area contributed by atoms with Crippen LogP contribution in [0.2, 0.25) is 10.0 Å². The van der Waals surface area contributed by atoms with E-state index in [1.54, 1.807) is 56.3 Å². The monoisotopic (exact) mass is 602 g/mol. The van der Waals surface area contributed by atoms with Gasteiger partial charge in [0.15, 0.2) is 16.3 Å². The van der Waals surface area contributed by atoms with Crippen molar-refractivity contribution in [2.24, 2.45) is 10.9 Å². The van der Waals surface area contributed by atoms with Crippen molar-refractivity contribution >= 4 is 52.6 Å². The number of rotatable bonds is 8. The van der Waals surface area contributed by atoms with Gasteiger partial charge >= 0.3 is 11.9 Å². The summed E-state index contributed by atoms with van der Waals surface area (Å²) >= 11 is 13.6. The molecule has 1 unspecified atom stereocenters. The largest absolute Gasteiger partial charge is 0.490 e. The van der Waals surface area contributed by atoms with Crippen molar-refractivity contribution in [3.8, 4) is 11.5 Å². The molecule has 0 saturated heterocycles. The maximum absolute atomic E-state index is 13.9. The number of nitrogens with zero attached hydrogens (tertiary/aromatic N) is 2. The fraction of sp³-hybridized carbons (Fsp3) is 0.310. The number of aromatic nitrogens is 1. The molecule has 11 heteroatoms. The van der Waals surface area contributed by atoms with E-state index in [1.165, 1.54) is 22.8 Å². The second kappa shape index (κ2) is 12.4. The Morgan fingerprint density at radius 2 is 1.90 bits per heavy atom. The van der Waals surface area contributed by atoms with Gasteiger partial charge in [0.25, 0.3) is 5.56 Å². The van der Waals surface area contributed by atoms with Gasteiger partial charge in [0.05, 0.1) is 35.1 Å². The first-order valence-electron chi connectivity index (χ1n) is 12.6. The van der Waals surface area contributed by atoms with Crippen LogP contribution in [0.4, 0.5) is 0 Å². The van der Waals surface area contributed by atoms with Gasteiger partial charge in [0.2, 0.25) is 0 Å². The molecule has 4 rings (SSSR count). The first-order chi connectivity index (χ1) is 19.0. The Morgan fingerprint density at radius 1 is 1.15 bits per heavy atom. The zero-order valence-electron chi connectivity index (χ0n) is 22.6. The van der Waals surface area contributed by atoms with Gasteiger partial charge in [-0.3, -0.25) is 14.2 Å². The maximum atomic E-state index is 13.9. The van der Waals surface area contributed by atoms with E-state index in [2.05, 4.69) is 4.99 Å². The number of ether oxygens (including phenoxy) is 3. The number of halogens is 2. The lowest BCUT2D eigenvalue weighted by Gasteiger charge is -2.25. The standard InChI is InChI=1S/C29H28Cl2N2O6S/c1-6-37-23-11-19(8-10-22(23)39-17(5)34)26-25(28(36)38-14-15(2)3)16(4)32-29-33(26)27(35)24(40-29)12-18-7-9-20(30)13-21(18)31/h7-13,15,26H,6,14H2,1-5H3/b24-12-. The second-order valence-corrected chi connectivity index (χ2v) is 11.3. The average molecular weight is 604 g/mol. The Hall–Kier alpha value is -3.40. The highest BCUT2D eigenvalue weighted by Crippen LogP contribution is 2.36. The third-order valence-corrected chi connectivity index (χ3v) is 7.42. The fourth-order valence-corrected chi connectivity index (χ4v) is 5.68. The first-order valence-corrected chi connectivity index (χ1v) is 14.2. The van der Waals surface area contributed by atoms with Crippen LogP contribution < -0.4 is 24.4 Å². The van der Waals surface area contributed by atoms with Crippen molar-refractivity contribution in [3.05, 3.63) is 88.5 Å². The Morgan fingerprint density at radius 3 is 2.55 bits per heavy atom. The van der Waals surface area contributed by atoms with Crippen molar-refractivity contribution in [1.82, 2.24) is 4.57 Å². The van der Waals surface area contributed by atoms with Crippen molar-refractivity contribution in [1.29, 1.82) is 0 Å². The third kappa shape index (κ3) is 6.32. The summed E-state index contributed by atoms with van der Waals surface area (Å²) in [5, 5.41) is 0.873. The minimum Gasteiger partial charge on any atom is -0.490 e. The summed E-state index contributed by atoms with van der Waals surface area (Å²) in [5.41, 5.74) is 1.47. The predicted octanol–water partition coefficient (Wildman–Crippen LogP) is 5.07. The van der Waals surface area contributed by atoms with Crippen molar-refractivity contribution < 1.29 is 23.8 Å². The molecule has 2 aromatic carbocycles. The molecule has 0 amide bonds. The highest BCUT2D eigenvalue weighted by atomic mass is 35.5. The van der Waals surface area contributed by atoms with Gasteiger partial charge < -0.3 is 14.2 Å². The molecule has 210 valence electrons. The normalized spacial score (nSPS) is 15.1. The summed E-state index contributed by atoms with van der Waals surface area (Å²) in [6.45, 7) is 9.19. The van der Waals surface area contributed by atoms with E-state index in [9.17, 15) is 14.4 Å². The summed E-state index contributed by atoms with van der Waals surface area (Å²) in [6, 6.07) is 9.07. The van der Waals surface area contributed by atoms with Crippen molar-refractivity contribution in [3.63, 3.8) is 0 Å². The zero-order chi connectivity index (χ0) is 29.1. The van der Waals surface area contributed by atoms with E-state index in [0.29, 0.717) is 48.6 Å². The van der Waals surface area contributed by atoms with Gasteiger partial charge in [-0.2, -0.15) is 0 Å². The molecule has 0 aliphatic carbocycles. The number of esters is 2. The Bertz CT molecular complexity index is 1690. The molecule has 0 saturated carbocycles. The lowest BCUT2D eigenvalue weighted by atomic mass is 9.95. The predicted molar refractivity (Wildman–Crippen MR) is 155 cm³/mol. The molecule has 0 bridgehead atoms. The number of thiazole rings is 1. The molecular formula is C29H28Cl2N2O6S. The number of benzene rings is 2. The summed E-state index contributed by atoms with van der Waals surface area (Å²) in [7, 11) is 0. The quantitative estimate of drug-likeness (QED) is 0.264. The van der Waals surface area contributed by atoms with Gasteiger partial charge in [0, 0.05) is 17.0 Å². The molecule has 1 aliphatic rings. The van der Waals surface area contributed by atoms with Crippen LogP contribution in [0.25, 0.3) is 6.08 Å². The van der Waals surface area contributed by atoms with Crippen LogP contribution in [-0.2, 0) is 14.3 Å². The van der Waals surface area contributed by atoms with Crippen molar-refractivity contribution in [2.45, 2.75) is 40.7 Å². The highest BCUT2D eigenvalue weighted by molar-refractivity contribution is 7.07. The van der Waals surface area contributed by atoms with E-state index < -0.39 is 18.0 Å². The first kappa shape index (κ1) is 29.6. The van der Waals surface area contributed by atoms with E-state index in [4.69, 9.17) is 37.4 Å². The van der Waals surface area contributed by atoms with E-state index in [-0.39, 0.29) is 29.4 Å². The van der Waals surface area contributed by atoms with Crippen LogP contribution in [0.3, 0.4) is 0 Å². The van der Waals surface area contributed by atoms with Crippen LogP contribution in [0.1, 0.15) is 51.8 Å². The molecule has 1 atom stereocenters. The zero-order valence-corrected chi connectivity index (χ0v) is 24.9.